The van der Waals surface area contributed by atoms with Crippen molar-refractivity contribution < 1.29 is 19.1 Å². The minimum Gasteiger partial charge on any atom is -0.444 e. The summed E-state index contributed by atoms with van der Waals surface area (Å²) in [6, 6.07) is 8.91. The van der Waals surface area contributed by atoms with Crippen molar-refractivity contribution in [1.82, 2.24) is 14.2 Å². The van der Waals surface area contributed by atoms with Crippen molar-refractivity contribution in [1.29, 1.82) is 0 Å². The minimum absolute atomic E-state index is 0.149. The quantitative estimate of drug-likeness (QED) is 0.706. The van der Waals surface area contributed by atoms with E-state index in [0.717, 1.165) is 5.69 Å². The molecule has 2 aromatic rings. The molecule has 5 rings (SSSR count). The van der Waals surface area contributed by atoms with Gasteiger partial charge in [0.05, 0.1) is 16.8 Å². The van der Waals surface area contributed by atoms with Gasteiger partial charge in [-0.25, -0.2) is 4.79 Å². The van der Waals surface area contributed by atoms with Gasteiger partial charge < -0.3 is 9.64 Å². The molecule has 1 aromatic carbocycles. The summed E-state index contributed by atoms with van der Waals surface area (Å²) in [5.74, 6) is -0.203. The highest BCUT2D eigenvalue weighted by molar-refractivity contribution is 7.03. The Morgan fingerprint density at radius 2 is 1.73 bits per heavy atom. The van der Waals surface area contributed by atoms with Crippen LogP contribution in [0, 0.1) is 11.8 Å². The third-order valence-electron chi connectivity index (χ3n) is 6.40. The summed E-state index contributed by atoms with van der Waals surface area (Å²) in [5.41, 5.74) is 0.874. The van der Waals surface area contributed by atoms with Gasteiger partial charge in [-0.2, -0.15) is 4.37 Å². The van der Waals surface area contributed by atoms with E-state index in [1.807, 2.05) is 32.2 Å². The second-order valence-corrected chi connectivity index (χ2v) is 9.93. The highest BCUT2D eigenvalue weighted by atomic mass is 32.1. The van der Waals surface area contributed by atoms with Crippen molar-refractivity contribution in [2.75, 3.05) is 19.6 Å². The van der Waals surface area contributed by atoms with Crippen LogP contribution in [-0.2, 0) is 10.2 Å². The maximum Gasteiger partial charge on any atom is 0.410 e. The molecular weight excluding hydrogens is 402 g/mol. The fraction of sp³-hybridized carbons (Fsp3) is 0.455. The molecule has 156 valence electrons. The standard InChI is InChI=1S/C22H23N3O4S/c1-21(2,3)29-20(28)24-10-15-16(11-24)22(15,17-8-9-30-23-17)12-25-18(26)13-6-4-5-7-14(13)19(25)27/h4-9,15-16H,10-12H2,1-3H3/t15-,16+,22-. The van der Waals surface area contributed by atoms with Crippen LogP contribution in [0.1, 0.15) is 47.2 Å². The lowest BCUT2D eigenvalue weighted by atomic mass is 9.94. The Kier molecular flexibility index (Phi) is 4.09. The van der Waals surface area contributed by atoms with Crippen LogP contribution < -0.4 is 0 Å². The van der Waals surface area contributed by atoms with Gasteiger partial charge in [0.1, 0.15) is 5.60 Å². The fourth-order valence-electron chi connectivity index (χ4n) is 5.00. The number of aromatic nitrogens is 1. The van der Waals surface area contributed by atoms with Crippen molar-refractivity contribution in [3.63, 3.8) is 0 Å². The molecule has 1 saturated carbocycles. The normalized spacial score (nSPS) is 27.3. The molecule has 2 fully saturated rings. The summed E-state index contributed by atoms with van der Waals surface area (Å²) in [4.78, 5) is 41.5. The van der Waals surface area contributed by atoms with Gasteiger partial charge in [0.15, 0.2) is 0 Å². The zero-order valence-corrected chi connectivity index (χ0v) is 17.9. The van der Waals surface area contributed by atoms with E-state index < -0.39 is 11.0 Å². The summed E-state index contributed by atoms with van der Waals surface area (Å²) < 4.78 is 10.1. The van der Waals surface area contributed by atoms with E-state index in [0.29, 0.717) is 30.8 Å². The number of hydrogen-bond acceptors (Lipinski definition) is 6. The smallest absolute Gasteiger partial charge is 0.410 e. The number of amides is 3. The topological polar surface area (TPSA) is 79.8 Å². The van der Waals surface area contributed by atoms with Crippen molar-refractivity contribution in [3.8, 4) is 0 Å². The highest BCUT2D eigenvalue weighted by Crippen LogP contribution is 2.64. The number of carbonyl (C=O) groups excluding carboxylic acids is 3. The number of carbonyl (C=O) groups is 3. The third kappa shape index (κ3) is 2.77. The van der Waals surface area contributed by atoms with Crippen molar-refractivity contribution in [3.05, 3.63) is 52.5 Å². The number of imide groups is 1. The molecule has 8 heteroatoms. The summed E-state index contributed by atoms with van der Waals surface area (Å²) in [5, 5.41) is 1.92. The third-order valence-corrected chi connectivity index (χ3v) is 6.96. The van der Waals surface area contributed by atoms with Crippen molar-refractivity contribution >= 4 is 29.4 Å². The Morgan fingerprint density at radius 3 is 2.23 bits per heavy atom. The maximum absolute atomic E-state index is 12.9. The molecule has 0 N–H and O–H groups in total. The second-order valence-electron chi connectivity index (χ2n) is 9.27. The number of ether oxygens (including phenoxy) is 1. The highest BCUT2D eigenvalue weighted by Gasteiger charge is 2.71. The lowest BCUT2D eigenvalue weighted by molar-refractivity contribution is 0.0252. The Hall–Kier alpha value is -2.74. The van der Waals surface area contributed by atoms with Gasteiger partial charge in [0, 0.05) is 30.4 Å². The van der Waals surface area contributed by atoms with Crippen LogP contribution in [0.25, 0.3) is 0 Å². The van der Waals surface area contributed by atoms with Crippen LogP contribution in [0.5, 0.6) is 0 Å². The van der Waals surface area contributed by atoms with Gasteiger partial charge in [-0.05, 0) is 62.3 Å². The fourth-order valence-corrected chi connectivity index (χ4v) is 5.60. The van der Waals surface area contributed by atoms with E-state index >= 15 is 0 Å². The van der Waals surface area contributed by atoms with E-state index in [2.05, 4.69) is 4.37 Å². The van der Waals surface area contributed by atoms with Crippen LogP contribution in [0.2, 0.25) is 0 Å². The van der Waals surface area contributed by atoms with Gasteiger partial charge in [-0.15, -0.1) is 0 Å². The summed E-state index contributed by atoms with van der Waals surface area (Å²) in [6.07, 6.45) is -0.317. The summed E-state index contributed by atoms with van der Waals surface area (Å²) in [7, 11) is 0. The number of fused-ring (bicyclic) bond motifs is 2. The number of rotatable bonds is 3. The first-order valence-corrected chi connectivity index (χ1v) is 10.9. The number of hydrogen-bond donors (Lipinski definition) is 0. The van der Waals surface area contributed by atoms with Gasteiger partial charge in [0.25, 0.3) is 11.8 Å². The zero-order valence-electron chi connectivity index (χ0n) is 17.1. The summed E-state index contributed by atoms with van der Waals surface area (Å²) in [6.45, 7) is 6.93. The number of benzene rings is 1. The molecule has 1 saturated heterocycles. The lowest BCUT2D eigenvalue weighted by Crippen LogP contribution is -2.44. The molecule has 0 radical (unpaired) electrons. The van der Waals surface area contributed by atoms with Crippen LogP contribution in [0.3, 0.4) is 0 Å². The van der Waals surface area contributed by atoms with E-state index in [4.69, 9.17) is 4.74 Å². The minimum atomic E-state index is -0.546. The summed E-state index contributed by atoms with van der Waals surface area (Å²) >= 11 is 1.36. The van der Waals surface area contributed by atoms with E-state index in [9.17, 15) is 14.4 Å². The SMILES string of the molecule is CC(C)(C)OC(=O)N1C[C@@H]2[C@H](C1)[C@]2(CN1C(=O)c2ccccc2C1=O)c1ccsn1. The molecule has 3 heterocycles. The first-order chi connectivity index (χ1) is 14.2. The van der Waals surface area contributed by atoms with Crippen LogP contribution in [0.4, 0.5) is 4.79 Å². The predicted octanol–water partition coefficient (Wildman–Crippen LogP) is 3.17. The van der Waals surface area contributed by atoms with Crippen molar-refractivity contribution in [2.24, 2.45) is 11.8 Å². The Labute approximate surface area is 178 Å². The molecule has 3 aliphatic rings. The molecule has 1 aromatic heterocycles. The van der Waals surface area contributed by atoms with Crippen LogP contribution in [0.15, 0.2) is 35.7 Å². The molecule has 0 unspecified atom stereocenters. The molecule has 1 aliphatic carbocycles. The molecule has 3 atom stereocenters. The van der Waals surface area contributed by atoms with Gasteiger partial charge >= 0.3 is 6.09 Å². The molecular formula is C22H23N3O4S. The zero-order chi connectivity index (χ0) is 21.3. The second kappa shape index (κ2) is 6.38. The number of piperidine rings is 1. The maximum atomic E-state index is 12.9. The largest absolute Gasteiger partial charge is 0.444 e. The first kappa shape index (κ1) is 19.2. The van der Waals surface area contributed by atoms with Crippen LogP contribution >= 0.6 is 11.5 Å². The van der Waals surface area contributed by atoms with Gasteiger partial charge in [-0.1, -0.05) is 12.1 Å². The first-order valence-electron chi connectivity index (χ1n) is 10.1. The Balaban J connectivity index is 1.39. The van der Waals surface area contributed by atoms with E-state index in [1.54, 1.807) is 29.2 Å². The molecule has 3 amide bonds. The molecule has 30 heavy (non-hydrogen) atoms. The number of likely N-dealkylation sites (tertiary alicyclic amines) is 1. The molecule has 0 bridgehead atoms. The average Bonchev–Trinajstić information content (AvgIpc) is 3.19. The van der Waals surface area contributed by atoms with Gasteiger partial charge in [-0.3, -0.25) is 14.5 Å². The molecule has 7 nitrogen and oxygen atoms in total. The molecule has 0 spiro atoms. The monoisotopic (exact) mass is 425 g/mol. The predicted molar refractivity (Wildman–Crippen MR) is 110 cm³/mol. The Bertz CT molecular complexity index is 996. The van der Waals surface area contributed by atoms with E-state index in [1.165, 1.54) is 16.4 Å². The Morgan fingerprint density at radius 1 is 1.13 bits per heavy atom. The van der Waals surface area contributed by atoms with Gasteiger partial charge in [0.2, 0.25) is 0 Å². The number of nitrogens with zero attached hydrogens (tertiary/aromatic N) is 3. The van der Waals surface area contributed by atoms with Crippen molar-refractivity contribution in [2.45, 2.75) is 31.8 Å². The van der Waals surface area contributed by atoms with Crippen LogP contribution in [-0.4, -0.2) is 57.3 Å². The average molecular weight is 426 g/mol. The van der Waals surface area contributed by atoms with E-state index in [-0.39, 0.29) is 29.7 Å². The molecule has 2 aliphatic heterocycles. The lowest BCUT2D eigenvalue weighted by Gasteiger charge is -2.30.